The molecule has 0 unspecified atom stereocenters. The van der Waals surface area contributed by atoms with Crippen LogP contribution in [0.5, 0.6) is 0 Å². The van der Waals surface area contributed by atoms with Gasteiger partial charge in [-0.1, -0.05) is 29.8 Å². The van der Waals surface area contributed by atoms with E-state index in [0.717, 1.165) is 0 Å². The number of rotatable bonds is 7. The van der Waals surface area contributed by atoms with Crippen molar-refractivity contribution in [3.8, 4) is 0 Å². The number of aromatic amines is 1. The Kier molecular flexibility index (Phi) is 6.10. The number of fused-ring (bicyclic) bond motifs is 1. The zero-order chi connectivity index (χ0) is 19.4. The van der Waals surface area contributed by atoms with E-state index < -0.39 is 10.0 Å². The van der Waals surface area contributed by atoms with E-state index >= 15 is 0 Å². The van der Waals surface area contributed by atoms with Crippen molar-refractivity contribution in [3.05, 3.63) is 56.5 Å². The predicted octanol–water partition coefficient (Wildman–Crippen LogP) is 2.51. The lowest BCUT2D eigenvalue weighted by atomic mass is 10.2. The molecule has 0 atom stereocenters. The van der Waals surface area contributed by atoms with Gasteiger partial charge >= 0.3 is 0 Å². The van der Waals surface area contributed by atoms with Gasteiger partial charge in [-0.15, -0.1) is 0 Å². The second-order valence-corrected chi connectivity index (χ2v) is 8.55. The lowest BCUT2D eigenvalue weighted by Crippen LogP contribution is -2.26. The molecule has 0 amide bonds. The van der Waals surface area contributed by atoms with E-state index in [4.69, 9.17) is 11.6 Å². The first-order valence-corrected chi connectivity index (χ1v) is 10.6. The number of sulfonamides is 1. The third-order valence-corrected chi connectivity index (χ3v) is 6.28. The molecule has 0 fully saturated rings. The molecule has 2 heterocycles. The average molecular weight is 473 g/mol. The van der Waals surface area contributed by atoms with Gasteiger partial charge in [-0.2, -0.15) is 5.10 Å². The summed E-state index contributed by atoms with van der Waals surface area (Å²) < 4.78 is 27.4. The zero-order valence-corrected chi connectivity index (χ0v) is 17.0. The van der Waals surface area contributed by atoms with Crippen LogP contribution in [-0.2, 0) is 10.0 Å². The third kappa shape index (κ3) is 4.64. The van der Waals surface area contributed by atoms with Crippen molar-refractivity contribution in [2.45, 2.75) is 11.3 Å². The van der Waals surface area contributed by atoms with E-state index in [1.54, 1.807) is 18.2 Å². The first-order chi connectivity index (χ1) is 12.9. The lowest BCUT2D eigenvalue weighted by molar-refractivity contribution is 0.579. The van der Waals surface area contributed by atoms with E-state index in [2.05, 4.69) is 41.2 Å². The molecule has 2 aromatic heterocycles. The number of nitrogens with one attached hydrogen (secondary N) is 3. The van der Waals surface area contributed by atoms with Gasteiger partial charge in [-0.05, 0) is 34.5 Å². The van der Waals surface area contributed by atoms with E-state index in [9.17, 15) is 13.2 Å². The Labute approximate surface area is 168 Å². The second-order valence-electron chi connectivity index (χ2n) is 5.57. The molecule has 8 nitrogen and oxygen atoms in total. The zero-order valence-electron chi connectivity index (χ0n) is 13.9. The number of hydrogen-bond donors (Lipinski definition) is 3. The summed E-state index contributed by atoms with van der Waals surface area (Å²) in [6, 6.07) is 8.51. The average Bonchev–Trinajstić information content (AvgIpc) is 2.65. The molecule has 0 spiro atoms. The second kappa shape index (κ2) is 8.34. The van der Waals surface area contributed by atoms with Crippen LogP contribution < -0.4 is 15.6 Å². The Bertz CT molecular complexity index is 1140. The number of pyridine rings is 1. The lowest BCUT2D eigenvalue weighted by Gasteiger charge is -2.09. The maximum atomic E-state index is 12.3. The van der Waals surface area contributed by atoms with Crippen molar-refractivity contribution >= 4 is 54.1 Å². The van der Waals surface area contributed by atoms with Crippen molar-refractivity contribution in [1.29, 1.82) is 0 Å². The molecular formula is C16H15BrClN5O3S. The van der Waals surface area contributed by atoms with Crippen LogP contribution in [0.1, 0.15) is 6.42 Å². The quantitative estimate of drug-likeness (QED) is 0.359. The minimum absolute atomic E-state index is 0.0278. The highest BCUT2D eigenvalue weighted by atomic mass is 79.9. The first-order valence-electron chi connectivity index (χ1n) is 7.90. The molecule has 1 aromatic carbocycles. The number of benzene rings is 1. The predicted molar refractivity (Wildman–Crippen MR) is 108 cm³/mol. The van der Waals surface area contributed by atoms with E-state index in [0.29, 0.717) is 34.0 Å². The summed E-state index contributed by atoms with van der Waals surface area (Å²) in [5, 5.41) is 11.0. The van der Waals surface area contributed by atoms with Gasteiger partial charge < -0.3 is 5.32 Å². The van der Waals surface area contributed by atoms with E-state index in [1.165, 1.54) is 12.3 Å². The number of nitrogens with zero attached hydrogens (tertiary/aromatic N) is 2. The molecule has 0 radical (unpaired) electrons. The van der Waals surface area contributed by atoms with Crippen molar-refractivity contribution in [2.75, 3.05) is 18.4 Å². The summed E-state index contributed by atoms with van der Waals surface area (Å²) in [5.41, 5.74) is -0.258. The van der Waals surface area contributed by atoms with Crippen molar-refractivity contribution < 1.29 is 8.42 Å². The van der Waals surface area contributed by atoms with Gasteiger partial charge in [0.2, 0.25) is 10.0 Å². The number of anilines is 1. The molecule has 0 saturated carbocycles. The van der Waals surface area contributed by atoms with Crippen LogP contribution >= 0.6 is 27.5 Å². The minimum atomic E-state index is -3.68. The Morgan fingerprint density at radius 2 is 1.93 bits per heavy atom. The fourth-order valence-corrected chi connectivity index (χ4v) is 4.03. The van der Waals surface area contributed by atoms with Gasteiger partial charge in [0, 0.05) is 24.7 Å². The maximum Gasteiger partial charge on any atom is 0.272 e. The van der Waals surface area contributed by atoms with Crippen LogP contribution in [0, 0.1) is 0 Å². The summed E-state index contributed by atoms with van der Waals surface area (Å²) in [6.07, 6.45) is 1.71. The van der Waals surface area contributed by atoms with Crippen LogP contribution in [0.25, 0.3) is 10.8 Å². The molecule has 3 rings (SSSR count). The van der Waals surface area contributed by atoms with Crippen LogP contribution in [0.3, 0.4) is 0 Å². The monoisotopic (exact) mass is 471 g/mol. The fourth-order valence-electron chi connectivity index (χ4n) is 2.39. The molecular weight excluding hydrogens is 458 g/mol. The van der Waals surface area contributed by atoms with Gasteiger partial charge in [0.15, 0.2) is 5.82 Å². The van der Waals surface area contributed by atoms with Crippen LogP contribution in [-0.4, -0.2) is 36.7 Å². The third-order valence-electron chi connectivity index (χ3n) is 3.72. The fraction of sp³-hybridized carbons (Fsp3) is 0.188. The largest absolute Gasteiger partial charge is 0.368 e. The molecule has 0 aliphatic rings. The molecule has 0 aliphatic heterocycles. The van der Waals surface area contributed by atoms with E-state index in [-0.39, 0.29) is 22.2 Å². The van der Waals surface area contributed by atoms with Gasteiger partial charge in [-0.3, -0.25) is 4.79 Å². The smallest absolute Gasteiger partial charge is 0.272 e. The van der Waals surface area contributed by atoms with Gasteiger partial charge in [0.05, 0.1) is 9.86 Å². The summed E-state index contributed by atoms with van der Waals surface area (Å²) in [5.74, 6) is 0.541. The highest BCUT2D eigenvalue weighted by molar-refractivity contribution is 9.10. The number of hydrogen-bond acceptors (Lipinski definition) is 6. The number of halogens is 2. The van der Waals surface area contributed by atoms with Gasteiger partial charge in [0.25, 0.3) is 5.56 Å². The number of H-pyrrole nitrogens is 1. The van der Waals surface area contributed by atoms with Crippen molar-refractivity contribution in [1.82, 2.24) is 19.9 Å². The SMILES string of the molecule is O=c1[nH]nc(NCCCNS(=O)(=O)c2cnc(Cl)c(Br)c2)c2ccccc12. The normalized spacial score (nSPS) is 11.6. The maximum absolute atomic E-state index is 12.3. The topological polar surface area (TPSA) is 117 Å². The summed E-state index contributed by atoms with van der Waals surface area (Å²) in [6.45, 7) is 0.686. The van der Waals surface area contributed by atoms with Crippen LogP contribution in [0.15, 0.2) is 50.7 Å². The molecule has 0 bridgehead atoms. The minimum Gasteiger partial charge on any atom is -0.368 e. The van der Waals surface area contributed by atoms with Crippen LogP contribution in [0.2, 0.25) is 5.15 Å². The molecule has 3 N–H and O–H groups in total. The highest BCUT2D eigenvalue weighted by Gasteiger charge is 2.15. The Balaban J connectivity index is 1.57. The summed E-state index contributed by atoms with van der Waals surface area (Å²) in [7, 11) is -3.68. The molecule has 0 saturated heterocycles. The van der Waals surface area contributed by atoms with Crippen LogP contribution in [0.4, 0.5) is 5.82 Å². The van der Waals surface area contributed by atoms with Gasteiger partial charge in [0.1, 0.15) is 10.0 Å². The standard InChI is InChI=1S/C16H15BrClN5O3S/c17-13-8-10(9-20-14(13)18)27(25,26)21-7-3-6-19-15-11-4-1-2-5-12(11)16(24)23-22-15/h1-2,4-5,8-9,21H,3,6-7H2,(H,19,22)(H,23,24). The van der Waals surface area contributed by atoms with Crippen molar-refractivity contribution in [2.24, 2.45) is 0 Å². The molecule has 0 aliphatic carbocycles. The number of aromatic nitrogens is 3. The highest BCUT2D eigenvalue weighted by Crippen LogP contribution is 2.22. The Morgan fingerprint density at radius 3 is 2.67 bits per heavy atom. The van der Waals surface area contributed by atoms with Gasteiger partial charge in [-0.25, -0.2) is 23.2 Å². The Morgan fingerprint density at radius 1 is 1.19 bits per heavy atom. The van der Waals surface area contributed by atoms with Crippen molar-refractivity contribution in [3.63, 3.8) is 0 Å². The molecule has 3 aromatic rings. The van der Waals surface area contributed by atoms with E-state index in [1.807, 2.05) is 6.07 Å². The summed E-state index contributed by atoms with van der Waals surface area (Å²) in [4.78, 5) is 15.6. The molecule has 27 heavy (non-hydrogen) atoms. The Hall–Kier alpha value is -2.01. The first kappa shape index (κ1) is 19.7. The molecule has 11 heteroatoms. The molecule has 142 valence electrons. The summed E-state index contributed by atoms with van der Waals surface area (Å²) >= 11 is 8.93.